The molecule has 1 atom stereocenters. The summed E-state index contributed by atoms with van der Waals surface area (Å²) in [4.78, 5) is 4.62. The molecule has 0 amide bonds. The fourth-order valence-electron chi connectivity index (χ4n) is 2.90. The van der Waals surface area contributed by atoms with Gasteiger partial charge in [-0.1, -0.05) is 39.5 Å². The van der Waals surface area contributed by atoms with Crippen LogP contribution in [0.3, 0.4) is 0 Å². The lowest BCUT2D eigenvalue weighted by Gasteiger charge is -2.31. The maximum Gasteiger partial charge on any atom is 0.0954 e. The Balaban J connectivity index is 2.05. The third-order valence-corrected chi connectivity index (χ3v) is 4.33. The summed E-state index contributed by atoms with van der Waals surface area (Å²) in [5.74, 6) is 0.771. The van der Waals surface area contributed by atoms with Gasteiger partial charge in [0.2, 0.25) is 0 Å². The highest BCUT2D eigenvalue weighted by atomic mass is 15.1. The molecule has 0 bridgehead atoms. The maximum atomic E-state index is 4.62. The van der Waals surface area contributed by atoms with Crippen molar-refractivity contribution < 1.29 is 0 Å². The minimum Gasteiger partial charge on any atom is -0.331 e. The van der Waals surface area contributed by atoms with Gasteiger partial charge in [0.05, 0.1) is 12.0 Å². The fraction of sp³-hybridized carbons (Fsp3) is 0.812. The SMILES string of the molecule is CCCCCC(C)(CCC)n1cnc(C2CC2)c1. The first-order valence-electron chi connectivity index (χ1n) is 7.74. The van der Waals surface area contributed by atoms with Crippen LogP contribution in [0.15, 0.2) is 12.5 Å². The van der Waals surface area contributed by atoms with Crippen LogP contribution in [-0.2, 0) is 5.54 Å². The highest BCUT2D eigenvalue weighted by Gasteiger charge is 2.29. The Morgan fingerprint density at radius 3 is 2.61 bits per heavy atom. The molecule has 0 spiro atoms. The van der Waals surface area contributed by atoms with E-state index in [1.54, 1.807) is 0 Å². The largest absolute Gasteiger partial charge is 0.331 e. The Labute approximate surface area is 112 Å². The van der Waals surface area contributed by atoms with E-state index in [0.29, 0.717) is 0 Å². The van der Waals surface area contributed by atoms with Crippen LogP contribution in [-0.4, -0.2) is 9.55 Å². The summed E-state index contributed by atoms with van der Waals surface area (Å²) < 4.78 is 2.40. The van der Waals surface area contributed by atoms with Gasteiger partial charge in [0.1, 0.15) is 0 Å². The van der Waals surface area contributed by atoms with Crippen LogP contribution in [0.2, 0.25) is 0 Å². The molecule has 0 saturated heterocycles. The van der Waals surface area contributed by atoms with Crippen molar-refractivity contribution >= 4 is 0 Å². The minimum absolute atomic E-state index is 0.282. The molecule has 1 aliphatic carbocycles. The van der Waals surface area contributed by atoms with E-state index in [9.17, 15) is 0 Å². The van der Waals surface area contributed by atoms with Crippen molar-refractivity contribution in [2.45, 2.75) is 83.6 Å². The molecule has 0 aliphatic heterocycles. The molecule has 1 aliphatic rings. The monoisotopic (exact) mass is 248 g/mol. The Morgan fingerprint density at radius 2 is 2.00 bits per heavy atom. The Bertz CT molecular complexity index is 365. The summed E-state index contributed by atoms with van der Waals surface area (Å²) in [5, 5.41) is 0. The van der Waals surface area contributed by atoms with Gasteiger partial charge in [0.15, 0.2) is 0 Å². The molecule has 2 nitrogen and oxygen atoms in total. The van der Waals surface area contributed by atoms with Crippen LogP contribution in [0, 0.1) is 0 Å². The second kappa shape index (κ2) is 5.90. The number of unbranched alkanes of at least 4 members (excludes halogenated alkanes) is 2. The summed E-state index contributed by atoms with van der Waals surface area (Å²) >= 11 is 0. The average molecular weight is 248 g/mol. The van der Waals surface area contributed by atoms with E-state index < -0.39 is 0 Å². The zero-order valence-corrected chi connectivity index (χ0v) is 12.3. The van der Waals surface area contributed by atoms with Gasteiger partial charge < -0.3 is 4.57 Å². The molecule has 1 aromatic heterocycles. The number of nitrogens with zero attached hydrogens (tertiary/aromatic N) is 2. The van der Waals surface area contributed by atoms with Crippen LogP contribution >= 0.6 is 0 Å². The van der Waals surface area contributed by atoms with E-state index in [1.165, 1.54) is 57.1 Å². The predicted molar refractivity (Wildman–Crippen MR) is 76.9 cm³/mol. The summed E-state index contributed by atoms with van der Waals surface area (Å²) in [7, 11) is 0. The number of rotatable bonds is 8. The molecule has 18 heavy (non-hydrogen) atoms. The van der Waals surface area contributed by atoms with E-state index in [4.69, 9.17) is 0 Å². The van der Waals surface area contributed by atoms with E-state index in [1.807, 2.05) is 0 Å². The second-order valence-corrected chi connectivity index (χ2v) is 6.18. The van der Waals surface area contributed by atoms with Crippen molar-refractivity contribution in [3.8, 4) is 0 Å². The molecular weight excluding hydrogens is 220 g/mol. The van der Waals surface area contributed by atoms with E-state index in [0.717, 1.165) is 5.92 Å². The van der Waals surface area contributed by atoms with Crippen molar-refractivity contribution in [3.63, 3.8) is 0 Å². The van der Waals surface area contributed by atoms with Crippen LogP contribution in [0.1, 0.15) is 83.7 Å². The number of hydrogen-bond donors (Lipinski definition) is 0. The van der Waals surface area contributed by atoms with Gasteiger partial charge >= 0.3 is 0 Å². The first-order valence-corrected chi connectivity index (χ1v) is 7.74. The highest BCUT2D eigenvalue weighted by Crippen LogP contribution is 2.40. The van der Waals surface area contributed by atoms with Crippen molar-refractivity contribution in [3.05, 3.63) is 18.2 Å². The maximum absolute atomic E-state index is 4.62. The minimum atomic E-state index is 0.282. The summed E-state index contributed by atoms with van der Waals surface area (Å²) in [6.45, 7) is 6.97. The van der Waals surface area contributed by atoms with E-state index >= 15 is 0 Å². The lowest BCUT2D eigenvalue weighted by Crippen LogP contribution is -2.28. The fourth-order valence-corrected chi connectivity index (χ4v) is 2.90. The standard InChI is InChI=1S/C16H28N2/c1-4-6-7-11-16(3,10-5-2)18-12-15(17-13-18)14-8-9-14/h12-14H,4-11H2,1-3H3. The smallest absolute Gasteiger partial charge is 0.0954 e. The highest BCUT2D eigenvalue weighted by molar-refractivity contribution is 5.12. The van der Waals surface area contributed by atoms with Crippen molar-refractivity contribution in [1.29, 1.82) is 0 Å². The second-order valence-electron chi connectivity index (χ2n) is 6.18. The lowest BCUT2D eigenvalue weighted by molar-refractivity contribution is 0.258. The van der Waals surface area contributed by atoms with E-state index in [-0.39, 0.29) is 5.54 Å². The third kappa shape index (κ3) is 3.15. The summed E-state index contributed by atoms with van der Waals surface area (Å²) in [5.41, 5.74) is 1.61. The molecule has 2 rings (SSSR count). The van der Waals surface area contributed by atoms with Crippen molar-refractivity contribution in [1.82, 2.24) is 9.55 Å². The molecule has 0 N–H and O–H groups in total. The molecule has 1 saturated carbocycles. The summed E-state index contributed by atoms with van der Waals surface area (Å²) in [6.07, 6.45) is 14.9. The first-order chi connectivity index (χ1) is 8.69. The van der Waals surface area contributed by atoms with Gasteiger partial charge in [0.25, 0.3) is 0 Å². The van der Waals surface area contributed by atoms with Gasteiger partial charge in [-0.2, -0.15) is 0 Å². The Morgan fingerprint density at radius 1 is 1.22 bits per heavy atom. The van der Waals surface area contributed by atoms with Gasteiger partial charge in [-0.25, -0.2) is 4.98 Å². The van der Waals surface area contributed by atoms with Crippen molar-refractivity contribution in [2.75, 3.05) is 0 Å². The Kier molecular flexibility index (Phi) is 4.47. The molecule has 1 fully saturated rings. The van der Waals surface area contributed by atoms with Crippen LogP contribution in [0.4, 0.5) is 0 Å². The third-order valence-electron chi connectivity index (χ3n) is 4.33. The quantitative estimate of drug-likeness (QED) is 0.601. The normalized spacial score (nSPS) is 18.8. The zero-order chi connectivity index (χ0) is 13.0. The number of hydrogen-bond acceptors (Lipinski definition) is 1. The van der Waals surface area contributed by atoms with Gasteiger partial charge in [0, 0.05) is 17.7 Å². The number of aromatic nitrogens is 2. The molecule has 102 valence electrons. The molecule has 2 heteroatoms. The molecule has 0 aromatic carbocycles. The summed E-state index contributed by atoms with van der Waals surface area (Å²) in [6, 6.07) is 0. The zero-order valence-electron chi connectivity index (χ0n) is 12.3. The van der Waals surface area contributed by atoms with Crippen LogP contribution < -0.4 is 0 Å². The van der Waals surface area contributed by atoms with Gasteiger partial charge in [-0.05, 0) is 32.6 Å². The van der Waals surface area contributed by atoms with Crippen molar-refractivity contribution in [2.24, 2.45) is 0 Å². The predicted octanol–water partition coefficient (Wildman–Crippen LogP) is 4.86. The first kappa shape index (κ1) is 13.6. The van der Waals surface area contributed by atoms with Crippen LogP contribution in [0.25, 0.3) is 0 Å². The van der Waals surface area contributed by atoms with Gasteiger partial charge in [-0.3, -0.25) is 0 Å². The topological polar surface area (TPSA) is 17.8 Å². The average Bonchev–Trinajstić information content (AvgIpc) is 3.07. The van der Waals surface area contributed by atoms with Crippen LogP contribution in [0.5, 0.6) is 0 Å². The lowest BCUT2D eigenvalue weighted by atomic mass is 9.89. The Hall–Kier alpha value is -0.790. The molecule has 1 heterocycles. The van der Waals surface area contributed by atoms with Gasteiger partial charge in [-0.15, -0.1) is 0 Å². The van der Waals surface area contributed by atoms with E-state index in [2.05, 4.69) is 42.8 Å². The number of imidazole rings is 1. The molecular formula is C16H28N2. The molecule has 1 aromatic rings. The molecule has 1 unspecified atom stereocenters. The molecule has 0 radical (unpaired) electrons.